The molecular weight excluding hydrogens is 430 g/mol. The maximum absolute atomic E-state index is 12.9. The van der Waals surface area contributed by atoms with E-state index in [1.807, 2.05) is 6.92 Å². The van der Waals surface area contributed by atoms with E-state index < -0.39 is 36.5 Å². The highest BCUT2D eigenvalue weighted by atomic mass is 16.7. The number of carbonyl (C=O) groups excluding carboxylic acids is 3. The van der Waals surface area contributed by atoms with Crippen LogP contribution in [0.25, 0.3) is 0 Å². The number of carbonyl (C=O) groups is 3. The molecule has 0 unspecified atom stereocenters. The molecule has 0 bridgehead atoms. The van der Waals surface area contributed by atoms with Gasteiger partial charge in [-0.2, -0.15) is 0 Å². The van der Waals surface area contributed by atoms with Crippen molar-refractivity contribution in [1.29, 1.82) is 0 Å². The Morgan fingerprint density at radius 3 is 2.48 bits per heavy atom. The number of hydrogen-bond acceptors (Lipinski definition) is 9. The normalized spacial score (nSPS) is 13.2. The van der Waals surface area contributed by atoms with Crippen LogP contribution < -0.4 is 9.47 Å². The lowest BCUT2D eigenvalue weighted by molar-refractivity contribution is -0.159. The maximum atomic E-state index is 12.9. The summed E-state index contributed by atoms with van der Waals surface area (Å²) in [5.41, 5.74) is 0.808. The molecule has 0 amide bonds. The van der Waals surface area contributed by atoms with E-state index in [2.05, 4.69) is 18.1 Å². The van der Waals surface area contributed by atoms with Crippen molar-refractivity contribution in [3.05, 3.63) is 42.8 Å². The van der Waals surface area contributed by atoms with E-state index in [4.69, 9.17) is 23.7 Å². The number of rotatable bonds is 15. The van der Waals surface area contributed by atoms with Gasteiger partial charge in [-0.1, -0.05) is 25.2 Å². The molecule has 0 aliphatic heterocycles. The fraction of sp³-hybridized carbons (Fsp3) is 0.500. The summed E-state index contributed by atoms with van der Waals surface area (Å²) in [6.07, 6.45) is 2.46. The van der Waals surface area contributed by atoms with E-state index in [0.717, 1.165) is 5.57 Å². The molecule has 0 aliphatic rings. The van der Waals surface area contributed by atoms with Crippen LogP contribution in [0.4, 0.5) is 0 Å². The van der Waals surface area contributed by atoms with Crippen molar-refractivity contribution < 1.29 is 38.1 Å². The Kier molecular flexibility index (Phi) is 11.9. The Morgan fingerprint density at radius 1 is 1.21 bits per heavy atom. The molecule has 0 radical (unpaired) electrons. The summed E-state index contributed by atoms with van der Waals surface area (Å²) in [6.45, 7) is 13.8. The number of Topliss-reactive ketones (excluding diaryl/α,β-unsaturated/α-hetero) is 1. The second-order valence-corrected chi connectivity index (χ2v) is 7.59. The minimum absolute atomic E-state index is 0.0272. The molecule has 0 aliphatic carbocycles. The monoisotopic (exact) mass is 463 g/mol. The van der Waals surface area contributed by atoms with Crippen LogP contribution in [0.5, 0.6) is 11.5 Å². The van der Waals surface area contributed by atoms with Gasteiger partial charge in [-0.15, -0.1) is 6.58 Å². The molecule has 182 valence electrons. The second-order valence-electron chi connectivity index (χ2n) is 7.59. The first kappa shape index (κ1) is 27.8. The zero-order valence-electron chi connectivity index (χ0n) is 19.9. The number of aromatic nitrogens is 1. The lowest BCUT2D eigenvalue weighted by atomic mass is 10.0. The van der Waals surface area contributed by atoms with Crippen molar-refractivity contribution >= 4 is 17.7 Å². The van der Waals surface area contributed by atoms with Crippen LogP contribution in [-0.2, 0) is 23.8 Å². The average molecular weight is 464 g/mol. The molecule has 0 saturated carbocycles. The molecule has 0 spiro atoms. The third kappa shape index (κ3) is 9.44. The van der Waals surface area contributed by atoms with Gasteiger partial charge in [-0.25, -0.2) is 4.98 Å². The number of hydrogen-bond donors (Lipinski definition) is 0. The average Bonchev–Trinajstić information content (AvgIpc) is 2.75. The first-order valence-electron chi connectivity index (χ1n) is 10.5. The summed E-state index contributed by atoms with van der Waals surface area (Å²) in [4.78, 5) is 40.6. The van der Waals surface area contributed by atoms with Crippen molar-refractivity contribution in [3.8, 4) is 11.5 Å². The summed E-state index contributed by atoms with van der Waals surface area (Å²) in [5.74, 6) is -2.03. The van der Waals surface area contributed by atoms with E-state index in [-0.39, 0.29) is 29.7 Å². The fourth-order valence-electron chi connectivity index (χ4n) is 2.74. The Balaban J connectivity index is 2.85. The summed E-state index contributed by atoms with van der Waals surface area (Å²) < 4.78 is 26.7. The molecule has 1 aromatic rings. The van der Waals surface area contributed by atoms with Crippen LogP contribution in [0.15, 0.2) is 37.1 Å². The molecule has 3 atom stereocenters. The second kappa shape index (κ2) is 14.1. The van der Waals surface area contributed by atoms with Gasteiger partial charge in [0.15, 0.2) is 23.0 Å². The Hall–Kier alpha value is -3.20. The summed E-state index contributed by atoms with van der Waals surface area (Å²) >= 11 is 0. The fourth-order valence-corrected chi connectivity index (χ4v) is 2.74. The van der Waals surface area contributed by atoms with Crippen LogP contribution in [-0.4, -0.2) is 55.4 Å². The third-order valence-electron chi connectivity index (χ3n) is 4.48. The molecule has 9 heteroatoms. The summed E-state index contributed by atoms with van der Waals surface area (Å²) in [7, 11) is 1.40. The predicted octanol–water partition coefficient (Wildman–Crippen LogP) is 3.67. The van der Waals surface area contributed by atoms with Gasteiger partial charge in [-0.05, 0) is 20.3 Å². The van der Waals surface area contributed by atoms with Gasteiger partial charge in [0.2, 0.25) is 6.79 Å². The highest BCUT2D eigenvalue weighted by Gasteiger charge is 2.28. The number of ether oxygens (including phenoxy) is 5. The summed E-state index contributed by atoms with van der Waals surface area (Å²) in [6, 6.07) is 1.50. The minimum atomic E-state index is -0.750. The van der Waals surface area contributed by atoms with Gasteiger partial charge in [-0.3, -0.25) is 14.4 Å². The summed E-state index contributed by atoms with van der Waals surface area (Å²) in [5, 5.41) is 0. The molecule has 1 aromatic heterocycles. The number of esters is 2. The third-order valence-corrected chi connectivity index (χ3v) is 4.48. The molecule has 0 fully saturated rings. The number of nitrogens with zero attached hydrogens (tertiary/aromatic N) is 1. The van der Waals surface area contributed by atoms with E-state index in [0.29, 0.717) is 13.0 Å². The molecule has 0 N–H and O–H groups in total. The van der Waals surface area contributed by atoms with Crippen molar-refractivity contribution in [2.45, 2.75) is 52.7 Å². The Bertz CT molecular complexity index is 851. The van der Waals surface area contributed by atoms with Crippen LogP contribution in [0, 0.1) is 5.92 Å². The van der Waals surface area contributed by atoms with Crippen LogP contribution in [0.2, 0.25) is 0 Å². The van der Waals surface area contributed by atoms with Crippen LogP contribution in [0.1, 0.15) is 51.0 Å². The van der Waals surface area contributed by atoms with Crippen molar-refractivity contribution in [2.24, 2.45) is 5.92 Å². The molecule has 9 nitrogen and oxygen atoms in total. The largest absolute Gasteiger partial charge is 0.493 e. The molecular formula is C24H33NO8. The van der Waals surface area contributed by atoms with Gasteiger partial charge in [0.05, 0.1) is 25.7 Å². The Labute approximate surface area is 194 Å². The molecule has 1 rings (SSSR count). The molecule has 0 aromatic carbocycles. The van der Waals surface area contributed by atoms with Gasteiger partial charge >= 0.3 is 11.9 Å². The van der Waals surface area contributed by atoms with E-state index in [1.165, 1.54) is 26.3 Å². The minimum Gasteiger partial charge on any atom is -0.493 e. The van der Waals surface area contributed by atoms with E-state index in [9.17, 15) is 14.4 Å². The quantitative estimate of drug-likeness (QED) is 0.166. The molecule has 33 heavy (non-hydrogen) atoms. The predicted molar refractivity (Wildman–Crippen MR) is 121 cm³/mol. The zero-order valence-corrected chi connectivity index (χ0v) is 19.9. The van der Waals surface area contributed by atoms with Crippen molar-refractivity contribution in [1.82, 2.24) is 4.98 Å². The van der Waals surface area contributed by atoms with Gasteiger partial charge in [0, 0.05) is 25.6 Å². The maximum Gasteiger partial charge on any atom is 0.309 e. The lowest BCUT2D eigenvalue weighted by Gasteiger charge is -2.25. The highest BCUT2D eigenvalue weighted by molar-refractivity contribution is 5.99. The van der Waals surface area contributed by atoms with E-state index >= 15 is 0 Å². The van der Waals surface area contributed by atoms with Gasteiger partial charge < -0.3 is 23.7 Å². The zero-order chi connectivity index (χ0) is 25.0. The molecule has 0 saturated heterocycles. The van der Waals surface area contributed by atoms with Gasteiger partial charge in [0.1, 0.15) is 6.10 Å². The first-order valence-corrected chi connectivity index (χ1v) is 10.5. The molecule has 1 heterocycles. The van der Waals surface area contributed by atoms with Crippen molar-refractivity contribution in [3.63, 3.8) is 0 Å². The number of methoxy groups -OCH3 is 1. The number of pyridine rings is 1. The smallest absolute Gasteiger partial charge is 0.309 e. The number of ketones is 1. The van der Waals surface area contributed by atoms with Crippen LogP contribution >= 0.6 is 0 Å². The Morgan fingerprint density at radius 2 is 1.91 bits per heavy atom. The topological polar surface area (TPSA) is 110 Å². The SMILES string of the molecule is C=CC[C@@H](OCC(=C)C)[C@H](C)OC(=O)[C@H](C)CC(=O)c1nccc(OC)c1OCOC(C)=O. The van der Waals surface area contributed by atoms with E-state index in [1.54, 1.807) is 19.9 Å². The standard InChI is InChI=1S/C24H33NO8/c1-8-9-20(30-13-15(2)3)17(5)33-24(28)16(4)12-19(27)22-23(32-14-31-18(6)26)21(29-7)10-11-25-22/h8,10-11,16-17,20H,1-2,9,12-14H2,3-7H3/t16-,17+,20-/m1/s1. The highest BCUT2D eigenvalue weighted by Crippen LogP contribution is 2.31. The van der Waals surface area contributed by atoms with Crippen molar-refractivity contribution in [2.75, 3.05) is 20.5 Å². The van der Waals surface area contributed by atoms with Crippen LogP contribution in [0.3, 0.4) is 0 Å². The first-order chi connectivity index (χ1) is 15.6. The lowest BCUT2D eigenvalue weighted by Crippen LogP contribution is -2.33. The van der Waals surface area contributed by atoms with Gasteiger partial charge in [0.25, 0.3) is 0 Å².